The molecule has 0 bridgehead atoms. The summed E-state index contributed by atoms with van der Waals surface area (Å²) < 4.78 is 24.9. The number of hydrogen-bond donors (Lipinski definition) is 2. The van der Waals surface area contributed by atoms with Gasteiger partial charge in [0.25, 0.3) is 0 Å². The summed E-state index contributed by atoms with van der Waals surface area (Å²) in [5, 5.41) is 18.7. The molecule has 0 fully saturated rings. The zero-order valence-corrected chi connectivity index (χ0v) is 17.1. The van der Waals surface area contributed by atoms with Crippen LogP contribution in [0, 0.1) is 0 Å². The Kier molecular flexibility index (Phi) is 5.38. The Morgan fingerprint density at radius 3 is 2.86 bits per heavy atom. The van der Waals surface area contributed by atoms with E-state index in [2.05, 4.69) is 15.4 Å². The van der Waals surface area contributed by atoms with E-state index in [-0.39, 0.29) is 11.9 Å². The van der Waals surface area contributed by atoms with E-state index in [1.54, 1.807) is 24.4 Å². The quantitative estimate of drug-likeness (QED) is 0.643. The molecule has 0 spiro atoms. The summed E-state index contributed by atoms with van der Waals surface area (Å²) in [6.07, 6.45) is 6.09. The number of fused-ring (bicyclic) bond motifs is 1. The number of hydrogen-bond acceptors (Lipinski definition) is 6. The second kappa shape index (κ2) is 7.96. The lowest BCUT2D eigenvalue weighted by Crippen LogP contribution is -2.35. The minimum atomic E-state index is -3.19. The Labute approximate surface area is 170 Å². The largest absolute Gasteiger partial charge is 0.493 e. The minimum Gasteiger partial charge on any atom is -0.493 e. The van der Waals surface area contributed by atoms with Crippen molar-refractivity contribution < 1.29 is 13.5 Å². The molecule has 8 heteroatoms. The molecule has 2 heterocycles. The highest BCUT2D eigenvalue weighted by molar-refractivity contribution is 7.90. The number of rotatable bonds is 6. The molecule has 0 radical (unpaired) electrons. The normalized spacial score (nSPS) is 16.5. The van der Waals surface area contributed by atoms with Crippen LogP contribution in [0.3, 0.4) is 0 Å². The molecule has 0 saturated carbocycles. The van der Waals surface area contributed by atoms with E-state index in [0.29, 0.717) is 17.1 Å². The predicted molar refractivity (Wildman–Crippen MR) is 110 cm³/mol. The van der Waals surface area contributed by atoms with Crippen molar-refractivity contribution in [3.8, 4) is 11.7 Å². The molecule has 0 saturated heterocycles. The van der Waals surface area contributed by atoms with Crippen LogP contribution in [0.2, 0.25) is 0 Å². The number of benzene rings is 1. The van der Waals surface area contributed by atoms with Crippen LogP contribution in [0.25, 0.3) is 5.82 Å². The zero-order chi connectivity index (χ0) is 20.4. The summed E-state index contributed by atoms with van der Waals surface area (Å²) in [6.45, 7) is 0.738. The highest BCUT2D eigenvalue weighted by atomic mass is 32.2. The van der Waals surface area contributed by atoms with Gasteiger partial charge in [0.05, 0.1) is 10.6 Å². The second-order valence-corrected chi connectivity index (χ2v) is 9.43. The van der Waals surface area contributed by atoms with Crippen molar-refractivity contribution >= 4 is 9.84 Å². The van der Waals surface area contributed by atoms with Crippen LogP contribution in [-0.4, -0.2) is 47.1 Å². The summed E-state index contributed by atoms with van der Waals surface area (Å²) >= 11 is 0. The Bertz CT molecular complexity index is 1110. The lowest BCUT2D eigenvalue weighted by molar-refractivity contribution is 0.413. The van der Waals surface area contributed by atoms with Crippen molar-refractivity contribution in [2.45, 2.75) is 36.6 Å². The first kappa shape index (κ1) is 19.6. The molecule has 7 nitrogen and oxygen atoms in total. The van der Waals surface area contributed by atoms with Crippen molar-refractivity contribution in [2.24, 2.45) is 0 Å². The van der Waals surface area contributed by atoms with Gasteiger partial charge in [-0.25, -0.2) is 13.4 Å². The predicted octanol–water partition coefficient (Wildman–Crippen LogP) is 2.07. The van der Waals surface area contributed by atoms with Gasteiger partial charge in [-0.1, -0.05) is 18.2 Å². The molecule has 0 aliphatic heterocycles. The molecule has 1 unspecified atom stereocenters. The molecule has 1 aromatic carbocycles. The monoisotopic (exact) mass is 412 g/mol. The van der Waals surface area contributed by atoms with Gasteiger partial charge in [0.1, 0.15) is 0 Å². The highest BCUT2D eigenvalue weighted by Crippen LogP contribution is 2.30. The van der Waals surface area contributed by atoms with Crippen molar-refractivity contribution in [3.05, 3.63) is 65.5 Å². The van der Waals surface area contributed by atoms with Crippen molar-refractivity contribution in [1.29, 1.82) is 0 Å². The second-order valence-electron chi connectivity index (χ2n) is 7.41. The molecule has 2 aromatic heterocycles. The minimum absolute atomic E-state index is 0.158. The Morgan fingerprint density at radius 1 is 1.24 bits per heavy atom. The molecular formula is C21H24N4O3S. The number of aromatic nitrogens is 3. The van der Waals surface area contributed by atoms with E-state index in [1.165, 1.54) is 10.9 Å². The SMILES string of the molecule is CS(=O)(=O)c1cccc(CCNC2CCc3nn(-c4ccccn4)c(O)c3C2)c1. The topological polar surface area (TPSA) is 97.1 Å². The number of nitrogens with one attached hydrogen (secondary N) is 1. The lowest BCUT2D eigenvalue weighted by atomic mass is 9.93. The third-order valence-corrected chi connectivity index (χ3v) is 6.37. The fourth-order valence-corrected chi connectivity index (χ4v) is 4.41. The summed E-state index contributed by atoms with van der Waals surface area (Å²) in [4.78, 5) is 4.61. The van der Waals surface area contributed by atoms with E-state index in [9.17, 15) is 13.5 Å². The molecule has 2 N–H and O–H groups in total. The molecule has 29 heavy (non-hydrogen) atoms. The van der Waals surface area contributed by atoms with Gasteiger partial charge in [-0.05, 0) is 62.1 Å². The number of aromatic hydroxyl groups is 1. The van der Waals surface area contributed by atoms with Gasteiger partial charge < -0.3 is 10.4 Å². The van der Waals surface area contributed by atoms with Gasteiger partial charge >= 0.3 is 0 Å². The van der Waals surface area contributed by atoms with E-state index < -0.39 is 9.84 Å². The summed E-state index contributed by atoms with van der Waals surface area (Å²) in [6, 6.07) is 12.8. The maximum absolute atomic E-state index is 11.7. The van der Waals surface area contributed by atoms with Crippen LogP contribution < -0.4 is 5.32 Å². The van der Waals surface area contributed by atoms with Gasteiger partial charge in [-0.15, -0.1) is 0 Å². The van der Waals surface area contributed by atoms with Crippen molar-refractivity contribution in [3.63, 3.8) is 0 Å². The third-order valence-electron chi connectivity index (χ3n) is 5.26. The van der Waals surface area contributed by atoms with E-state index >= 15 is 0 Å². The van der Waals surface area contributed by atoms with Crippen LogP contribution in [0.15, 0.2) is 53.6 Å². The summed E-state index contributed by atoms with van der Waals surface area (Å²) in [5.41, 5.74) is 2.79. The first-order valence-electron chi connectivity index (χ1n) is 9.65. The average molecular weight is 413 g/mol. The summed E-state index contributed by atoms with van der Waals surface area (Å²) in [5.74, 6) is 0.765. The standard InChI is InChI=1S/C21H24N4O3S/c1-29(27,28)17-6-4-5-15(13-17)10-12-22-16-8-9-19-18(14-16)21(26)25(24-19)20-7-2-3-11-23-20/h2-7,11,13,16,22,26H,8-10,12,14H2,1H3. The van der Waals surface area contributed by atoms with Crippen LogP contribution >= 0.6 is 0 Å². The maximum atomic E-state index is 11.7. The number of pyridine rings is 1. The number of nitrogens with zero attached hydrogens (tertiary/aromatic N) is 3. The van der Waals surface area contributed by atoms with Crippen LogP contribution in [0.5, 0.6) is 5.88 Å². The molecule has 152 valence electrons. The number of aryl methyl sites for hydroxylation is 1. The van der Waals surface area contributed by atoms with Crippen LogP contribution in [0.4, 0.5) is 0 Å². The van der Waals surface area contributed by atoms with Crippen LogP contribution in [-0.2, 0) is 29.1 Å². The molecule has 3 aromatic rings. The van der Waals surface area contributed by atoms with Gasteiger partial charge in [-0.3, -0.25) is 0 Å². The fraction of sp³-hybridized carbons (Fsp3) is 0.333. The first-order valence-corrected chi connectivity index (χ1v) is 11.5. The average Bonchev–Trinajstić information content (AvgIpc) is 3.04. The maximum Gasteiger partial charge on any atom is 0.219 e. The Balaban J connectivity index is 1.39. The fourth-order valence-electron chi connectivity index (χ4n) is 3.72. The molecule has 1 atom stereocenters. The lowest BCUT2D eigenvalue weighted by Gasteiger charge is -2.22. The molecule has 1 aliphatic rings. The van der Waals surface area contributed by atoms with E-state index in [0.717, 1.165) is 42.6 Å². The van der Waals surface area contributed by atoms with Crippen molar-refractivity contribution in [1.82, 2.24) is 20.1 Å². The molecular weight excluding hydrogens is 388 g/mol. The van der Waals surface area contributed by atoms with Gasteiger partial charge in [0.2, 0.25) is 5.88 Å². The van der Waals surface area contributed by atoms with Crippen LogP contribution in [0.1, 0.15) is 23.2 Å². The van der Waals surface area contributed by atoms with Crippen molar-refractivity contribution in [2.75, 3.05) is 12.8 Å². The third kappa shape index (κ3) is 4.33. The van der Waals surface area contributed by atoms with Gasteiger partial charge in [0, 0.05) is 24.1 Å². The smallest absolute Gasteiger partial charge is 0.219 e. The van der Waals surface area contributed by atoms with Gasteiger partial charge in [0.15, 0.2) is 15.7 Å². The summed E-state index contributed by atoms with van der Waals surface area (Å²) in [7, 11) is -3.19. The van der Waals surface area contributed by atoms with E-state index in [1.807, 2.05) is 24.3 Å². The molecule has 1 aliphatic carbocycles. The zero-order valence-electron chi connectivity index (χ0n) is 16.2. The first-order chi connectivity index (χ1) is 13.9. The van der Waals surface area contributed by atoms with E-state index in [4.69, 9.17) is 0 Å². The molecule has 0 amide bonds. The Hall–Kier alpha value is -2.71. The van der Waals surface area contributed by atoms with Gasteiger partial charge in [-0.2, -0.15) is 9.78 Å². The Morgan fingerprint density at radius 2 is 2.10 bits per heavy atom. The number of sulfone groups is 1. The molecule has 4 rings (SSSR count). The highest BCUT2D eigenvalue weighted by Gasteiger charge is 2.26.